The predicted molar refractivity (Wildman–Crippen MR) is 82.4 cm³/mol. The quantitative estimate of drug-likeness (QED) is 0.882. The number of thiazole rings is 1. The summed E-state index contributed by atoms with van der Waals surface area (Å²) in [6.45, 7) is 4.89. The van der Waals surface area contributed by atoms with E-state index in [4.69, 9.17) is 10.5 Å². The van der Waals surface area contributed by atoms with Crippen LogP contribution in [-0.2, 0) is 9.53 Å². The third-order valence-corrected chi connectivity index (χ3v) is 5.38. The van der Waals surface area contributed by atoms with Crippen LogP contribution in [0.4, 0.5) is 5.13 Å². The van der Waals surface area contributed by atoms with Crippen LogP contribution in [-0.4, -0.2) is 61.7 Å². The first-order valence-corrected chi connectivity index (χ1v) is 8.35. The van der Waals surface area contributed by atoms with Crippen molar-refractivity contribution in [1.82, 2.24) is 9.88 Å². The average molecular weight is 310 g/mol. The summed E-state index contributed by atoms with van der Waals surface area (Å²) >= 11 is 1.65. The van der Waals surface area contributed by atoms with Crippen LogP contribution in [0.15, 0.2) is 11.6 Å². The Kier molecular flexibility index (Phi) is 4.42. The van der Waals surface area contributed by atoms with Crippen LogP contribution in [0.1, 0.15) is 12.8 Å². The van der Waals surface area contributed by atoms with Gasteiger partial charge < -0.3 is 20.3 Å². The van der Waals surface area contributed by atoms with Gasteiger partial charge in [0.1, 0.15) is 0 Å². The van der Waals surface area contributed by atoms with Crippen molar-refractivity contribution in [2.75, 3.05) is 50.8 Å². The summed E-state index contributed by atoms with van der Waals surface area (Å²) in [5.74, 6) is 0.215. The van der Waals surface area contributed by atoms with E-state index in [0.29, 0.717) is 19.8 Å². The van der Waals surface area contributed by atoms with Crippen molar-refractivity contribution < 1.29 is 9.53 Å². The minimum atomic E-state index is -0.401. The predicted octanol–water partition coefficient (Wildman–Crippen LogP) is 0.547. The molecule has 21 heavy (non-hydrogen) atoms. The molecule has 0 bridgehead atoms. The Bertz CT molecular complexity index is 465. The number of rotatable bonds is 3. The number of aromatic nitrogens is 1. The molecule has 0 unspecified atom stereocenters. The van der Waals surface area contributed by atoms with Gasteiger partial charge in [0, 0.05) is 57.5 Å². The molecule has 2 fully saturated rings. The minimum absolute atomic E-state index is 0.215. The summed E-state index contributed by atoms with van der Waals surface area (Å²) in [5, 5.41) is 3.03. The molecule has 1 aromatic heterocycles. The van der Waals surface area contributed by atoms with E-state index in [-0.39, 0.29) is 5.91 Å². The normalized spacial score (nSPS) is 22.3. The molecule has 2 saturated heterocycles. The fraction of sp³-hybridized carbons (Fsp3) is 0.714. The van der Waals surface area contributed by atoms with E-state index in [9.17, 15) is 4.79 Å². The summed E-state index contributed by atoms with van der Waals surface area (Å²) in [6, 6.07) is 0. The molecular weight excluding hydrogens is 288 g/mol. The molecule has 0 spiro atoms. The number of piperazine rings is 1. The molecule has 3 rings (SSSR count). The first kappa shape index (κ1) is 14.7. The summed E-state index contributed by atoms with van der Waals surface area (Å²) in [4.78, 5) is 21.4. The average Bonchev–Trinajstić information content (AvgIpc) is 3.09. The molecular formula is C14H22N4O2S. The molecule has 0 saturated carbocycles. The van der Waals surface area contributed by atoms with Gasteiger partial charge in [0.15, 0.2) is 5.13 Å². The van der Waals surface area contributed by atoms with Crippen molar-refractivity contribution >= 4 is 22.4 Å². The number of carbonyl (C=O) groups excluding carboxylic acids is 1. The summed E-state index contributed by atoms with van der Waals surface area (Å²) in [5.41, 5.74) is 5.53. The second kappa shape index (κ2) is 6.29. The van der Waals surface area contributed by atoms with Gasteiger partial charge in [0.2, 0.25) is 5.91 Å². The van der Waals surface area contributed by atoms with Crippen LogP contribution < -0.4 is 10.6 Å². The number of ether oxygens (including phenoxy) is 1. The van der Waals surface area contributed by atoms with Gasteiger partial charge in [-0.1, -0.05) is 0 Å². The monoisotopic (exact) mass is 310 g/mol. The zero-order chi connectivity index (χ0) is 14.7. The minimum Gasteiger partial charge on any atom is -0.381 e. The van der Waals surface area contributed by atoms with E-state index < -0.39 is 5.41 Å². The Labute approximate surface area is 128 Å². The molecule has 116 valence electrons. The number of nitrogens with zero attached hydrogens (tertiary/aromatic N) is 3. The van der Waals surface area contributed by atoms with Gasteiger partial charge in [-0.15, -0.1) is 11.3 Å². The highest BCUT2D eigenvalue weighted by Crippen LogP contribution is 2.32. The molecule has 1 aromatic rings. The maximum atomic E-state index is 12.9. The van der Waals surface area contributed by atoms with Crippen LogP contribution in [0.25, 0.3) is 0 Å². The molecule has 7 heteroatoms. The Morgan fingerprint density at radius 3 is 2.62 bits per heavy atom. The number of hydrogen-bond acceptors (Lipinski definition) is 6. The van der Waals surface area contributed by atoms with Crippen LogP contribution in [0.5, 0.6) is 0 Å². The Morgan fingerprint density at radius 2 is 2.05 bits per heavy atom. The maximum Gasteiger partial charge on any atom is 0.230 e. The Morgan fingerprint density at radius 1 is 1.33 bits per heavy atom. The lowest BCUT2D eigenvalue weighted by molar-refractivity contribution is -0.147. The summed E-state index contributed by atoms with van der Waals surface area (Å²) < 4.78 is 5.39. The lowest BCUT2D eigenvalue weighted by atomic mass is 9.78. The van der Waals surface area contributed by atoms with Crippen LogP contribution >= 0.6 is 11.3 Å². The standard InChI is InChI=1S/C14H22N4O2S/c15-11-14(1-8-20-9-2-14)12(19)17-4-6-18(7-5-17)13-16-3-10-21-13/h3,10H,1-2,4-9,11,15H2. The zero-order valence-electron chi connectivity index (χ0n) is 12.2. The van der Waals surface area contributed by atoms with Gasteiger partial charge in [0.05, 0.1) is 5.41 Å². The molecule has 6 nitrogen and oxygen atoms in total. The van der Waals surface area contributed by atoms with Crippen molar-refractivity contribution in [3.63, 3.8) is 0 Å². The highest BCUT2D eigenvalue weighted by atomic mass is 32.1. The van der Waals surface area contributed by atoms with E-state index >= 15 is 0 Å². The number of carbonyl (C=O) groups is 1. The fourth-order valence-corrected chi connectivity index (χ4v) is 3.77. The van der Waals surface area contributed by atoms with Gasteiger partial charge in [-0.25, -0.2) is 4.98 Å². The van der Waals surface area contributed by atoms with E-state index in [1.165, 1.54) is 0 Å². The van der Waals surface area contributed by atoms with Gasteiger partial charge in [-0.05, 0) is 12.8 Å². The number of nitrogens with two attached hydrogens (primary N) is 1. The second-order valence-corrected chi connectivity index (χ2v) is 6.56. The van der Waals surface area contributed by atoms with E-state index in [1.807, 2.05) is 16.5 Å². The third-order valence-electron chi connectivity index (χ3n) is 4.55. The first-order chi connectivity index (χ1) is 10.2. The van der Waals surface area contributed by atoms with Crippen molar-refractivity contribution in [3.8, 4) is 0 Å². The topological polar surface area (TPSA) is 71.7 Å². The number of anilines is 1. The molecule has 0 aromatic carbocycles. The van der Waals surface area contributed by atoms with Gasteiger partial charge >= 0.3 is 0 Å². The second-order valence-electron chi connectivity index (χ2n) is 5.69. The zero-order valence-corrected chi connectivity index (χ0v) is 13.0. The van der Waals surface area contributed by atoms with Crippen LogP contribution in [0.3, 0.4) is 0 Å². The van der Waals surface area contributed by atoms with Crippen molar-refractivity contribution in [1.29, 1.82) is 0 Å². The Balaban J connectivity index is 1.62. The van der Waals surface area contributed by atoms with Crippen LogP contribution in [0, 0.1) is 5.41 Å². The van der Waals surface area contributed by atoms with Crippen molar-refractivity contribution in [3.05, 3.63) is 11.6 Å². The molecule has 0 aliphatic carbocycles. The van der Waals surface area contributed by atoms with Gasteiger partial charge in [-0.2, -0.15) is 0 Å². The number of amides is 1. The lowest BCUT2D eigenvalue weighted by Gasteiger charge is -2.42. The SMILES string of the molecule is NCC1(C(=O)N2CCN(c3nccs3)CC2)CCOCC1. The van der Waals surface area contributed by atoms with E-state index in [0.717, 1.165) is 44.2 Å². The largest absolute Gasteiger partial charge is 0.381 e. The van der Waals surface area contributed by atoms with Crippen molar-refractivity contribution in [2.45, 2.75) is 12.8 Å². The molecule has 3 heterocycles. The third kappa shape index (κ3) is 2.90. The van der Waals surface area contributed by atoms with Gasteiger partial charge in [-0.3, -0.25) is 4.79 Å². The Hall–Kier alpha value is -1.18. The molecule has 0 atom stereocenters. The molecule has 0 radical (unpaired) electrons. The molecule has 2 aliphatic rings. The first-order valence-electron chi connectivity index (χ1n) is 7.47. The van der Waals surface area contributed by atoms with Crippen molar-refractivity contribution in [2.24, 2.45) is 11.1 Å². The molecule has 2 N–H and O–H groups in total. The maximum absolute atomic E-state index is 12.9. The fourth-order valence-electron chi connectivity index (χ4n) is 3.08. The molecule has 2 aliphatic heterocycles. The lowest BCUT2D eigenvalue weighted by Crippen LogP contribution is -2.56. The smallest absolute Gasteiger partial charge is 0.230 e. The molecule has 1 amide bonds. The van der Waals surface area contributed by atoms with E-state index in [2.05, 4.69) is 9.88 Å². The van der Waals surface area contributed by atoms with E-state index in [1.54, 1.807) is 11.3 Å². The summed E-state index contributed by atoms with van der Waals surface area (Å²) in [6.07, 6.45) is 3.31. The van der Waals surface area contributed by atoms with Crippen LogP contribution in [0.2, 0.25) is 0 Å². The highest BCUT2D eigenvalue weighted by Gasteiger charge is 2.42. The summed E-state index contributed by atoms with van der Waals surface area (Å²) in [7, 11) is 0. The van der Waals surface area contributed by atoms with Gasteiger partial charge in [0.25, 0.3) is 0 Å². The highest BCUT2D eigenvalue weighted by molar-refractivity contribution is 7.13. The number of hydrogen-bond donors (Lipinski definition) is 1.